The number of piperidine rings is 1. The standard InChI is InChI=1S/C11H22N2/c1-5-6-12-11-7-10(3)13(4)8-9(11)2/h5,9-12H,1,6-8H2,2-4H3. The third-order valence-electron chi connectivity index (χ3n) is 3.13. The van der Waals surface area contributed by atoms with E-state index in [1.807, 2.05) is 6.08 Å². The number of hydrogen-bond donors (Lipinski definition) is 1. The van der Waals surface area contributed by atoms with Crippen molar-refractivity contribution >= 4 is 0 Å². The molecule has 76 valence electrons. The Bertz CT molecular complexity index is 167. The number of nitrogens with one attached hydrogen (secondary N) is 1. The third kappa shape index (κ3) is 2.82. The largest absolute Gasteiger partial charge is 0.310 e. The monoisotopic (exact) mass is 182 g/mol. The second-order valence-electron chi connectivity index (χ2n) is 4.30. The van der Waals surface area contributed by atoms with Gasteiger partial charge in [0.25, 0.3) is 0 Å². The summed E-state index contributed by atoms with van der Waals surface area (Å²) in [6, 6.07) is 1.38. The lowest BCUT2D eigenvalue weighted by atomic mass is 9.90. The van der Waals surface area contributed by atoms with Crippen molar-refractivity contribution in [2.24, 2.45) is 5.92 Å². The second-order valence-corrected chi connectivity index (χ2v) is 4.30. The maximum Gasteiger partial charge on any atom is 0.0135 e. The fraction of sp³-hybridized carbons (Fsp3) is 0.818. The second kappa shape index (κ2) is 4.77. The van der Waals surface area contributed by atoms with Crippen molar-refractivity contribution in [1.29, 1.82) is 0 Å². The van der Waals surface area contributed by atoms with Crippen molar-refractivity contribution in [3.05, 3.63) is 12.7 Å². The summed E-state index contributed by atoms with van der Waals surface area (Å²) < 4.78 is 0. The van der Waals surface area contributed by atoms with Gasteiger partial charge in [0.1, 0.15) is 0 Å². The van der Waals surface area contributed by atoms with Gasteiger partial charge in [0.05, 0.1) is 0 Å². The molecule has 1 aliphatic heterocycles. The SMILES string of the molecule is C=CCNC1CC(C)N(C)CC1C. The molecular formula is C11H22N2. The molecule has 0 spiro atoms. The molecule has 1 aliphatic rings. The van der Waals surface area contributed by atoms with E-state index >= 15 is 0 Å². The van der Waals surface area contributed by atoms with E-state index in [4.69, 9.17) is 0 Å². The van der Waals surface area contributed by atoms with E-state index in [-0.39, 0.29) is 0 Å². The highest BCUT2D eigenvalue weighted by Crippen LogP contribution is 2.20. The molecular weight excluding hydrogens is 160 g/mol. The van der Waals surface area contributed by atoms with Gasteiger partial charge in [-0.2, -0.15) is 0 Å². The average Bonchev–Trinajstić information content (AvgIpc) is 2.09. The van der Waals surface area contributed by atoms with Gasteiger partial charge in [-0.15, -0.1) is 6.58 Å². The van der Waals surface area contributed by atoms with Crippen molar-refractivity contribution in [3.8, 4) is 0 Å². The molecule has 0 radical (unpaired) electrons. The first-order chi connectivity index (χ1) is 6.15. The van der Waals surface area contributed by atoms with Gasteiger partial charge >= 0.3 is 0 Å². The molecule has 1 saturated heterocycles. The smallest absolute Gasteiger partial charge is 0.0135 e. The third-order valence-corrected chi connectivity index (χ3v) is 3.13. The Morgan fingerprint density at radius 1 is 1.54 bits per heavy atom. The molecule has 2 nitrogen and oxygen atoms in total. The lowest BCUT2D eigenvalue weighted by Gasteiger charge is -2.40. The maximum absolute atomic E-state index is 3.73. The Morgan fingerprint density at radius 2 is 2.23 bits per heavy atom. The number of hydrogen-bond acceptors (Lipinski definition) is 2. The Morgan fingerprint density at radius 3 is 2.85 bits per heavy atom. The molecule has 0 aliphatic carbocycles. The van der Waals surface area contributed by atoms with Crippen LogP contribution in [0.25, 0.3) is 0 Å². The first-order valence-corrected chi connectivity index (χ1v) is 5.19. The van der Waals surface area contributed by atoms with E-state index in [1.54, 1.807) is 0 Å². The van der Waals surface area contributed by atoms with Crippen LogP contribution in [0, 0.1) is 5.92 Å². The molecule has 1 fully saturated rings. The van der Waals surface area contributed by atoms with E-state index in [1.165, 1.54) is 13.0 Å². The Kier molecular flexibility index (Phi) is 3.94. The van der Waals surface area contributed by atoms with Crippen LogP contribution in [0.15, 0.2) is 12.7 Å². The van der Waals surface area contributed by atoms with Gasteiger partial charge in [0.15, 0.2) is 0 Å². The first-order valence-electron chi connectivity index (χ1n) is 5.19. The number of rotatable bonds is 3. The summed E-state index contributed by atoms with van der Waals surface area (Å²) in [6.45, 7) is 10.5. The van der Waals surface area contributed by atoms with Crippen molar-refractivity contribution < 1.29 is 0 Å². The molecule has 1 N–H and O–H groups in total. The van der Waals surface area contributed by atoms with Gasteiger partial charge < -0.3 is 10.2 Å². The molecule has 0 aromatic carbocycles. The van der Waals surface area contributed by atoms with Crippen molar-refractivity contribution in [2.45, 2.75) is 32.4 Å². The highest BCUT2D eigenvalue weighted by Gasteiger charge is 2.27. The fourth-order valence-corrected chi connectivity index (χ4v) is 2.06. The van der Waals surface area contributed by atoms with Gasteiger partial charge in [-0.3, -0.25) is 0 Å². The van der Waals surface area contributed by atoms with Crippen LogP contribution in [0.1, 0.15) is 20.3 Å². The molecule has 0 bridgehead atoms. The van der Waals surface area contributed by atoms with Crippen molar-refractivity contribution in [2.75, 3.05) is 20.1 Å². The van der Waals surface area contributed by atoms with Crippen LogP contribution in [0.4, 0.5) is 0 Å². The Balaban J connectivity index is 2.41. The average molecular weight is 182 g/mol. The van der Waals surface area contributed by atoms with E-state index < -0.39 is 0 Å². The molecule has 3 atom stereocenters. The van der Waals surface area contributed by atoms with Crippen LogP contribution in [-0.2, 0) is 0 Å². The van der Waals surface area contributed by atoms with E-state index in [9.17, 15) is 0 Å². The summed E-state index contributed by atoms with van der Waals surface area (Å²) in [4.78, 5) is 2.44. The topological polar surface area (TPSA) is 15.3 Å². The van der Waals surface area contributed by atoms with Crippen molar-refractivity contribution in [3.63, 3.8) is 0 Å². The molecule has 1 rings (SSSR count). The summed E-state index contributed by atoms with van der Waals surface area (Å²) in [5.41, 5.74) is 0. The van der Waals surface area contributed by atoms with Crippen LogP contribution in [-0.4, -0.2) is 37.1 Å². The quantitative estimate of drug-likeness (QED) is 0.665. The van der Waals surface area contributed by atoms with Crippen LogP contribution in [0.5, 0.6) is 0 Å². The van der Waals surface area contributed by atoms with Crippen LogP contribution in [0.2, 0.25) is 0 Å². The number of likely N-dealkylation sites (tertiary alicyclic amines) is 1. The summed E-state index contributed by atoms with van der Waals surface area (Å²) in [7, 11) is 2.21. The first kappa shape index (κ1) is 10.7. The highest BCUT2D eigenvalue weighted by atomic mass is 15.2. The normalized spacial score (nSPS) is 36.1. The molecule has 0 aromatic heterocycles. The van der Waals surface area contributed by atoms with E-state index in [0.29, 0.717) is 12.1 Å². The fourth-order valence-electron chi connectivity index (χ4n) is 2.06. The van der Waals surface area contributed by atoms with Gasteiger partial charge in [-0.05, 0) is 26.3 Å². The molecule has 0 saturated carbocycles. The minimum absolute atomic E-state index is 0.671. The lowest BCUT2D eigenvalue weighted by molar-refractivity contribution is 0.124. The van der Waals surface area contributed by atoms with Crippen molar-refractivity contribution in [1.82, 2.24) is 10.2 Å². The zero-order valence-corrected chi connectivity index (χ0v) is 9.09. The Labute approximate surface area is 82.0 Å². The minimum Gasteiger partial charge on any atom is -0.310 e. The van der Waals surface area contributed by atoms with E-state index in [0.717, 1.165) is 12.5 Å². The summed E-state index contributed by atoms with van der Waals surface area (Å²) >= 11 is 0. The highest BCUT2D eigenvalue weighted by molar-refractivity contribution is 4.87. The molecule has 3 unspecified atom stereocenters. The molecule has 13 heavy (non-hydrogen) atoms. The van der Waals surface area contributed by atoms with Crippen LogP contribution < -0.4 is 5.32 Å². The molecule has 0 aromatic rings. The summed E-state index contributed by atoms with van der Waals surface area (Å²) in [5, 5.41) is 3.53. The maximum atomic E-state index is 3.73. The van der Waals surface area contributed by atoms with Crippen LogP contribution in [0.3, 0.4) is 0 Å². The zero-order valence-electron chi connectivity index (χ0n) is 9.09. The molecule has 0 amide bonds. The summed E-state index contributed by atoms with van der Waals surface area (Å²) in [6.07, 6.45) is 3.20. The predicted octanol–water partition coefficient (Wildman–Crippen LogP) is 1.49. The Hall–Kier alpha value is -0.340. The van der Waals surface area contributed by atoms with E-state index in [2.05, 4.69) is 37.7 Å². The van der Waals surface area contributed by atoms with Gasteiger partial charge in [0.2, 0.25) is 0 Å². The van der Waals surface area contributed by atoms with Gasteiger partial charge in [0, 0.05) is 25.2 Å². The van der Waals surface area contributed by atoms with Gasteiger partial charge in [-0.25, -0.2) is 0 Å². The lowest BCUT2D eigenvalue weighted by Crippen LogP contribution is -2.50. The van der Waals surface area contributed by atoms with Gasteiger partial charge in [-0.1, -0.05) is 13.0 Å². The predicted molar refractivity (Wildman–Crippen MR) is 57.9 cm³/mol. The molecule has 1 heterocycles. The zero-order chi connectivity index (χ0) is 9.84. The summed E-state index contributed by atoms with van der Waals surface area (Å²) in [5.74, 6) is 0.751. The minimum atomic E-state index is 0.671. The molecule has 2 heteroatoms. The van der Waals surface area contributed by atoms with Crippen LogP contribution >= 0.6 is 0 Å². The number of nitrogens with zero attached hydrogens (tertiary/aromatic N) is 1.